The molecule has 100 heavy (non-hydrogen) atoms. The molecule has 0 aliphatic carbocycles. The van der Waals surface area contributed by atoms with Crippen molar-refractivity contribution in [1.29, 1.82) is 0 Å². The van der Waals surface area contributed by atoms with Crippen molar-refractivity contribution in [1.82, 2.24) is 0 Å². The van der Waals surface area contributed by atoms with Gasteiger partial charge >= 0.3 is 59.7 Å². The molecule has 0 aromatic rings. The van der Waals surface area contributed by atoms with Gasteiger partial charge in [-0.05, 0) is 194 Å². The quantitative estimate of drug-likeness (QED) is 0.0254. The van der Waals surface area contributed by atoms with E-state index in [9.17, 15) is 47.9 Å². The zero-order valence-electron chi connectivity index (χ0n) is 59.2. The maximum absolute atomic E-state index is 10.1. The van der Waals surface area contributed by atoms with Crippen molar-refractivity contribution < 1.29 is 99.0 Å². The van der Waals surface area contributed by atoms with Crippen LogP contribution in [0.25, 0.3) is 0 Å². The van der Waals surface area contributed by atoms with E-state index >= 15 is 0 Å². The molecule has 0 aromatic carbocycles. The van der Waals surface area contributed by atoms with Gasteiger partial charge in [-0.15, -0.1) is 0 Å². The Hall–Kier alpha value is -6.10. The Labute approximate surface area is 590 Å². The molecule has 0 unspecified atom stereocenters. The molecule has 0 heterocycles. The highest BCUT2D eigenvalue weighted by Crippen LogP contribution is 2.03. The molecule has 0 spiro atoms. The minimum atomic E-state index is -0.933. The number of carbonyl (C=O) groups is 10. The molecule has 0 aliphatic heterocycles. The molecule has 0 saturated carbocycles. The average Bonchev–Trinajstić information content (AvgIpc) is 3.77. The van der Waals surface area contributed by atoms with Crippen molar-refractivity contribution in [2.75, 3.05) is 65.4 Å². The summed E-state index contributed by atoms with van der Waals surface area (Å²) < 4.78 is 0. The molecule has 0 bridgehead atoms. The maximum atomic E-state index is 10.1. The third-order valence-corrected chi connectivity index (χ3v) is 12.9. The lowest BCUT2D eigenvalue weighted by molar-refractivity contribution is -0.139. The van der Waals surface area contributed by atoms with Gasteiger partial charge in [0, 0.05) is 0 Å². The number of carboxylic acid groups (broad SMARTS) is 10. The number of unbranched alkanes of at least 4 members (excludes halogenated alkanes) is 10. The van der Waals surface area contributed by atoms with Crippen LogP contribution in [0.2, 0.25) is 0 Å². The van der Waals surface area contributed by atoms with E-state index in [1.165, 1.54) is 0 Å². The first kappa shape index (κ1) is 115. The number of aliphatic carboxylic acids is 10. The van der Waals surface area contributed by atoms with Crippen molar-refractivity contribution in [3.8, 4) is 0 Å². The third kappa shape index (κ3) is 108. The summed E-state index contributed by atoms with van der Waals surface area (Å²) in [7, 11) is 0. The van der Waals surface area contributed by atoms with Crippen LogP contribution >= 0.6 is 0 Å². The minimum absolute atomic E-state index is 0.520. The predicted molar refractivity (Wildman–Crippen MR) is 385 cm³/mol. The van der Waals surface area contributed by atoms with Gasteiger partial charge in [0.05, 0.1) is 0 Å². The molecule has 50 N–H and O–H groups in total. The van der Waals surface area contributed by atoms with Gasteiger partial charge in [-0.3, -0.25) is 47.9 Å². The zero-order chi connectivity index (χ0) is 79.8. The largest absolute Gasteiger partial charge is 0.480 e. The molecule has 40 heteroatoms. The second-order valence-corrected chi connectivity index (χ2v) is 22.3. The number of nitrogens with two attached hydrogens (primary N) is 20. The van der Waals surface area contributed by atoms with Crippen LogP contribution in [0.5, 0.6) is 0 Å². The first-order valence-electron chi connectivity index (χ1n) is 33.7. The molecular weight excluding hydrogens is 1320 g/mol. The average molecular weight is 1460 g/mol. The fourth-order valence-corrected chi connectivity index (χ4v) is 6.32. The summed E-state index contributed by atoms with van der Waals surface area (Å²) in [6, 6.07) is -7.16. The van der Waals surface area contributed by atoms with Crippen LogP contribution in [0.1, 0.15) is 193 Å². The molecule has 0 radical (unpaired) electrons. The van der Waals surface area contributed by atoms with Crippen molar-refractivity contribution in [3.63, 3.8) is 0 Å². The minimum Gasteiger partial charge on any atom is -0.480 e. The van der Waals surface area contributed by atoms with E-state index in [1.807, 2.05) is 0 Å². The summed E-state index contributed by atoms with van der Waals surface area (Å²) in [6.07, 6.45) is 21.6. The van der Waals surface area contributed by atoms with E-state index in [2.05, 4.69) is 0 Å². The van der Waals surface area contributed by atoms with Crippen LogP contribution in [0, 0.1) is 0 Å². The van der Waals surface area contributed by atoms with E-state index in [4.69, 9.17) is 166 Å². The maximum Gasteiger partial charge on any atom is 0.320 e. The van der Waals surface area contributed by atoms with Crippen LogP contribution in [-0.2, 0) is 47.9 Å². The van der Waals surface area contributed by atoms with E-state index in [0.29, 0.717) is 130 Å². The molecule has 0 fully saturated rings. The summed E-state index contributed by atoms with van der Waals surface area (Å²) in [6.45, 7) is 6.04. The van der Waals surface area contributed by atoms with Gasteiger partial charge in [-0.25, -0.2) is 0 Å². The first-order chi connectivity index (χ1) is 46.8. The smallest absolute Gasteiger partial charge is 0.320 e. The SMILES string of the molecule is NCCCC[C@H](N)C(=O)O.NCCCC[C@H](N)C(=O)O.NCCCC[C@H](N)C(=O)O.NCCCC[C@H](N)C(=O)O.NCCCC[C@H](N)C(=O)O.NCCCC[C@H](N)C(=O)O.NCCCC[C@H](N)C(=O)O.NCCCC[C@H](N)C(=O)O.NCCCC[C@H](N)C(=O)O.NCCCC[C@H](N)C(=O)O. The number of carboxylic acids is 10. The van der Waals surface area contributed by atoms with Crippen LogP contribution in [0.15, 0.2) is 0 Å². The fraction of sp³-hybridized carbons (Fsp3) is 0.833. The highest BCUT2D eigenvalue weighted by atomic mass is 16.4. The lowest BCUT2D eigenvalue weighted by Crippen LogP contribution is -2.29. The van der Waals surface area contributed by atoms with Crippen LogP contribution < -0.4 is 115 Å². The Morgan fingerprint density at radius 1 is 0.150 bits per heavy atom. The van der Waals surface area contributed by atoms with E-state index in [1.54, 1.807) is 0 Å². The molecule has 0 amide bonds. The summed E-state index contributed by atoms with van der Waals surface area (Å²) in [4.78, 5) is 101. The second kappa shape index (κ2) is 89.0. The van der Waals surface area contributed by atoms with Crippen molar-refractivity contribution in [2.45, 2.75) is 253 Å². The van der Waals surface area contributed by atoms with E-state index in [0.717, 1.165) is 128 Å². The summed E-state index contributed by atoms with van der Waals surface area (Å²) >= 11 is 0. The van der Waals surface area contributed by atoms with Gasteiger partial charge in [0.1, 0.15) is 60.4 Å². The van der Waals surface area contributed by atoms with Crippen molar-refractivity contribution in [3.05, 3.63) is 0 Å². The predicted octanol–water partition coefficient (Wildman–Crippen LogP) is -4.73. The van der Waals surface area contributed by atoms with E-state index in [-0.39, 0.29) is 0 Å². The monoisotopic (exact) mass is 1460 g/mol. The Morgan fingerprint density at radius 2 is 0.210 bits per heavy atom. The molecule has 0 rings (SSSR count). The summed E-state index contributed by atoms with van der Waals surface area (Å²) in [5.41, 5.74) is 104. The molecule has 0 saturated heterocycles. The van der Waals surface area contributed by atoms with Gasteiger partial charge in [-0.1, -0.05) is 64.2 Å². The van der Waals surface area contributed by atoms with Gasteiger partial charge in [0.25, 0.3) is 0 Å². The zero-order valence-corrected chi connectivity index (χ0v) is 59.2. The molecular formula is C60H140N20O20. The molecule has 600 valence electrons. The molecule has 40 nitrogen and oxygen atoms in total. The second-order valence-electron chi connectivity index (χ2n) is 22.3. The van der Waals surface area contributed by atoms with Crippen molar-refractivity contribution in [2.24, 2.45) is 115 Å². The topological polar surface area (TPSA) is 893 Å². The normalized spacial score (nSPS) is 13.0. The molecule has 10 atom stereocenters. The highest BCUT2D eigenvalue weighted by Gasteiger charge is 2.15. The Kier molecular flexibility index (Phi) is 102. The Morgan fingerprint density at radius 3 is 0.250 bits per heavy atom. The number of hydrogen-bond donors (Lipinski definition) is 30. The number of hydrogen-bond acceptors (Lipinski definition) is 30. The standard InChI is InChI=1S/10C6H14N2O2/c10*7-4-2-1-3-5(8)6(9)10/h10*5H,1-4,7-8H2,(H,9,10)/t10*5-/m0000000000/s1. The lowest BCUT2D eigenvalue weighted by Gasteiger charge is -2.03. The van der Waals surface area contributed by atoms with Crippen molar-refractivity contribution >= 4 is 59.7 Å². The fourth-order valence-electron chi connectivity index (χ4n) is 6.32. The van der Waals surface area contributed by atoms with Gasteiger partial charge in [0.2, 0.25) is 0 Å². The molecule has 0 aliphatic rings. The Balaban J connectivity index is -0.000000112. The van der Waals surface area contributed by atoms with Gasteiger partial charge in [0.15, 0.2) is 0 Å². The van der Waals surface area contributed by atoms with Crippen LogP contribution in [-0.4, -0.2) is 237 Å². The van der Waals surface area contributed by atoms with E-state index < -0.39 is 120 Å². The highest BCUT2D eigenvalue weighted by molar-refractivity contribution is 5.76. The Bertz CT molecular complexity index is 1490. The van der Waals surface area contributed by atoms with Crippen LogP contribution in [0.4, 0.5) is 0 Å². The summed E-state index contributed by atoms with van der Waals surface area (Å²) in [5, 5.41) is 83.3. The van der Waals surface area contributed by atoms with Crippen LogP contribution in [0.3, 0.4) is 0 Å². The summed E-state index contributed by atoms with van der Waals surface area (Å²) in [5.74, 6) is -9.33. The number of rotatable bonds is 50. The van der Waals surface area contributed by atoms with Gasteiger partial charge in [-0.2, -0.15) is 0 Å². The van der Waals surface area contributed by atoms with Gasteiger partial charge < -0.3 is 166 Å². The lowest BCUT2D eigenvalue weighted by atomic mass is 10.1. The molecule has 0 aromatic heterocycles. The first-order valence-corrected chi connectivity index (χ1v) is 33.7. The third-order valence-electron chi connectivity index (χ3n) is 12.9.